The number of aromatic nitrogens is 4. The Morgan fingerprint density at radius 2 is 1.69 bits per heavy atom. The number of esters is 1. The van der Waals surface area contributed by atoms with Crippen LogP contribution in [0.15, 0.2) is 60.8 Å². The van der Waals surface area contributed by atoms with Crippen LogP contribution in [0.4, 0.5) is 10.9 Å². The maximum Gasteiger partial charge on any atom is 0.358 e. The van der Waals surface area contributed by atoms with E-state index in [1.54, 1.807) is 0 Å². The predicted molar refractivity (Wildman–Crippen MR) is 253 cm³/mol. The number of para-hydroxylation sites is 1. The van der Waals surface area contributed by atoms with Gasteiger partial charge in [0, 0.05) is 48.6 Å². The molecule has 0 spiro atoms. The van der Waals surface area contributed by atoms with Gasteiger partial charge in [-0.1, -0.05) is 49.4 Å². The second-order valence-corrected chi connectivity index (χ2v) is 23.6. The Hall–Kier alpha value is -4.74. The number of amides is 1. The van der Waals surface area contributed by atoms with Crippen LogP contribution in [0.3, 0.4) is 0 Å². The number of anilines is 2. The van der Waals surface area contributed by atoms with Crippen LogP contribution in [0.5, 0.6) is 0 Å². The molecule has 346 valence electrons. The molecule has 3 aromatic heterocycles. The van der Waals surface area contributed by atoms with Crippen molar-refractivity contribution in [2.45, 2.75) is 117 Å². The number of thiazole rings is 1. The molecule has 3 N–H and O–H groups in total. The SMILES string of the molecule is Cc1c(-c2ccc(N3CCc4cccc(C(=O)Nc5nc6ccccc6s5)c4C3)nc2C(=O)OC(C)(C)C)cnn1CC12CC3(C)CC(C)(C1)CC(OCCNCCCS(=O)(=O)O)(C3)C2. The van der Waals surface area contributed by atoms with Crippen molar-refractivity contribution in [2.24, 2.45) is 16.2 Å². The van der Waals surface area contributed by atoms with E-state index in [-0.39, 0.29) is 39.2 Å². The highest BCUT2D eigenvalue weighted by atomic mass is 32.2. The number of nitrogens with one attached hydrogen (secondary N) is 2. The van der Waals surface area contributed by atoms with Crippen molar-refractivity contribution < 1.29 is 32.0 Å². The van der Waals surface area contributed by atoms with Gasteiger partial charge in [-0.3, -0.25) is 19.3 Å². The highest BCUT2D eigenvalue weighted by Crippen LogP contribution is 2.72. The number of hydrogen-bond donors (Lipinski definition) is 3. The molecule has 1 amide bonds. The average Bonchev–Trinajstić information content (AvgIpc) is 3.78. The molecular weight excluding hydrogens is 863 g/mol. The van der Waals surface area contributed by atoms with E-state index in [0.29, 0.717) is 67.7 Å². The van der Waals surface area contributed by atoms with Gasteiger partial charge in [0.15, 0.2) is 10.8 Å². The molecule has 1 aliphatic heterocycles. The normalized spacial score (nSPS) is 24.9. The van der Waals surface area contributed by atoms with E-state index >= 15 is 0 Å². The van der Waals surface area contributed by atoms with E-state index in [9.17, 15) is 18.0 Å². The summed E-state index contributed by atoms with van der Waals surface area (Å²) in [7, 11) is -3.97. The van der Waals surface area contributed by atoms with Crippen LogP contribution in [0.1, 0.15) is 117 Å². The van der Waals surface area contributed by atoms with Crippen LogP contribution < -0.4 is 15.5 Å². The van der Waals surface area contributed by atoms with Crippen LogP contribution >= 0.6 is 11.3 Å². The van der Waals surface area contributed by atoms with Crippen LogP contribution in [0.25, 0.3) is 21.3 Å². The van der Waals surface area contributed by atoms with E-state index in [1.807, 2.05) is 75.5 Å². The van der Waals surface area contributed by atoms with Crippen molar-refractivity contribution in [3.63, 3.8) is 0 Å². The van der Waals surface area contributed by atoms with Crippen molar-refractivity contribution in [2.75, 3.05) is 42.2 Å². The van der Waals surface area contributed by atoms with E-state index in [0.717, 1.165) is 71.2 Å². The smallest absolute Gasteiger partial charge is 0.358 e. The van der Waals surface area contributed by atoms with Gasteiger partial charge in [0.05, 0.1) is 34.4 Å². The topological polar surface area (TPSA) is 178 Å². The summed E-state index contributed by atoms with van der Waals surface area (Å²) < 4.78 is 47.3. The molecule has 2 atom stereocenters. The summed E-state index contributed by atoms with van der Waals surface area (Å²) in [6.45, 7) is 15.9. The first-order valence-corrected chi connectivity index (χ1v) is 25.2. The summed E-state index contributed by atoms with van der Waals surface area (Å²) >= 11 is 1.45. The van der Waals surface area contributed by atoms with E-state index in [1.165, 1.54) is 17.8 Å². The number of nitrogens with zero attached hydrogens (tertiary/aromatic N) is 5. The molecule has 2 aromatic carbocycles. The van der Waals surface area contributed by atoms with E-state index in [4.69, 9.17) is 24.1 Å². The maximum absolute atomic E-state index is 14.2. The number of carbonyl (C=O) groups excluding carboxylic acids is 2. The minimum atomic E-state index is -3.97. The van der Waals surface area contributed by atoms with Gasteiger partial charge in [0.2, 0.25) is 0 Å². The molecular formula is C49H61N7O7S2. The van der Waals surface area contributed by atoms with E-state index < -0.39 is 21.7 Å². The Labute approximate surface area is 385 Å². The van der Waals surface area contributed by atoms with Gasteiger partial charge in [-0.2, -0.15) is 13.5 Å². The minimum absolute atomic E-state index is 0.0278. The Morgan fingerprint density at radius 1 is 0.923 bits per heavy atom. The summed E-state index contributed by atoms with van der Waals surface area (Å²) in [4.78, 5) is 39.7. The van der Waals surface area contributed by atoms with Gasteiger partial charge in [-0.15, -0.1) is 0 Å². The number of carbonyl (C=O) groups is 2. The number of ether oxygens (including phenoxy) is 2. The molecule has 4 bridgehead atoms. The zero-order chi connectivity index (χ0) is 46.0. The molecule has 14 nitrogen and oxygen atoms in total. The Kier molecular flexibility index (Phi) is 11.8. The van der Waals surface area contributed by atoms with Crippen molar-refractivity contribution in [1.82, 2.24) is 25.1 Å². The monoisotopic (exact) mass is 923 g/mol. The molecule has 16 heteroatoms. The lowest BCUT2D eigenvalue weighted by Gasteiger charge is -2.69. The highest BCUT2D eigenvalue weighted by Gasteiger charge is 2.66. The standard InChI is InChI=1S/C49H61N7O7S2/c1-32-36(23-51-56(32)31-48-26-46(5)25-47(6,27-48)29-49(28-46,30-48)62-21-19-50-18-10-22-65(59,60)61)34-15-16-40(53-41(34)43(58)63-45(2,3)4)55-20-17-33-11-9-12-35(37(33)24-55)42(57)54-44-52-38-13-7-8-14-39(38)64-44/h7-9,11-16,23,50H,10,17-22,24-31H2,1-6H3,(H,52,54,57)(H,59,60,61). The largest absolute Gasteiger partial charge is 0.455 e. The second kappa shape index (κ2) is 16.8. The lowest BCUT2D eigenvalue weighted by Crippen LogP contribution is -2.64. The molecule has 4 aliphatic carbocycles. The predicted octanol–water partition coefficient (Wildman–Crippen LogP) is 8.64. The lowest BCUT2D eigenvalue weighted by atomic mass is 9.39. The average molecular weight is 924 g/mol. The number of fused-ring (bicyclic) bond motifs is 2. The minimum Gasteiger partial charge on any atom is -0.455 e. The first kappa shape index (κ1) is 45.4. The second-order valence-electron chi connectivity index (χ2n) is 21.0. The molecule has 5 aromatic rings. The Bertz CT molecular complexity index is 2710. The van der Waals surface area contributed by atoms with Gasteiger partial charge < -0.3 is 19.7 Å². The molecule has 4 saturated carbocycles. The fourth-order valence-corrected chi connectivity index (χ4v) is 14.0. The van der Waals surface area contributed by atoms with Gasteiger partial charge in [-0.25, -0.2) is 14.8 Å². The molecule has 4 heterocycles. The summed E-state index contributed by atoms with van der Waals surface area (Å²) in [5.41, 5.74) is 5.36. The third kappa shape index (κ3) is 9.74. The Morgan fingerprint density at radius 3 is 2.43 bits per heavy atom. The number of benzene rings is 2. The fourth-order valence-electron chi connectivity index (χ4n) is 12.6. The first-order chi connectivity index (χ1) is 30.7. The first-order valence-electron chi connectivity index (χ1n) is 22.8. The number of hydrogen-bond acceptors (Lipinski definition) is 12. The highest BCUT2D eigenvalue weighted by molar-refractivity contribution is 7.85. The van der Waals surface area contributed by atoms with Crippen molar-refractivity contribution in [3.05, 3.63) is 88.9 Å². The summed E-state index contributed by atoms with van der Waals surface area (Å²) in [6, 6.07) is 17.6. The van der Waals surface area contributed by atoms with Crippen molar-refractivity contribution in [1.29, 1.82) is 0 Å². The quantitative estimate of drug-likeness (QED) is 0.0518. The van der Waals surface area contributed by atoms with Crippen LogP contribution in [-0.2, 0) is 39.1 Å². The van der Waals surface area contributed by atoms with Gasteiger partial charge in [-0.05, 0) is 143 Å². The molecule has 4 fully saturated rings. The molecule has 10 rings (SSSR count). The summed E-state index contributed by atoms with van der Waals surface area (Å²) in [5.74, 6) is -0.355. The third-order valence-electron chi connectivity index (χ3n) is 13.8. The van der Waals surface area contributed by atoms with Gasteiger partial charge >= 0.3 is 5.97 Å². The summed E-state index contributed by atoms with van der Waals surface area (Å²) in [6.07, 6.45) is 9.23. The van der Waals surface area contributed by atoms with E-state index in [2.05, 4.69) is 52.0 Å². The van der Waals surface area contributed by atoms with Crippen molar-refractivity contribution in [3.8, 4) is 11.1 Å². The molecule has 0 radical (unpaired) electrons. The molecule has 2 unspecified atom stereocenters. The molecule has 0 saturated heterocycles. The zero-order valence-corrected chi connectivity index (χ0v) is 40.0. The third-order valence-corrected chi connectivity index (χ3v) is 15.6. The summed E-state index contributed by atoms with van der Waals surface area (Å²) in [5, 5.41) is 11.9. The fraction of sp³-hybridized carbons (Fsp3) is 0.531. The van der Waals surface area contributed by atoms with Crippen molar-refractivity contribution >= 4 is 54.5 Å². The molecule has 65 heavy (non-hydrogen) atoms. The number of pyridine rings is 1. The van der Waals surface area contributed by atoms with Crippen LogP contribution in [0.2, 0.25) is 0 Å². The van der Waals surface area contributed by atoms with Crippen LogP contribution in [-0.4, -0.2) is 87.8 Å². The molecule has 5 aliphatic rings. The number of rotatable bonds is 15. The zero-order valence-electron chi connectivity index (χ0n) is 38.3. The van der Waals surface area contributed by atoms with Crippen LogP contribution in [0, 0.1) is 23.2 Å². The Balaban J connectivity index is 0.952. The maximum atomic E-state index is 14.2. The van der Waals surface area contributed by atoms with Gasteiger partial charge in [0.25, 0.3) is 16.0 Å². The van der Waals surface area contributed by atoms with Gasteiger partial charge in [0.1, 0.15) is 11.4 Å². The lowest BCUT2D eigenvalue weighted by molar-refractivity contribution is -0.247.